The highest BCUT2D eigenvalue weighted by molar-refractivity contribution is 8.00. The molecule has 1 aliphatic carbocycles. The Balaban J connectivity index is 1.70. The maximum Gasteiger partial charge on any atom is 0.232 e. The number of ketones is 1. The normalized spacial score (nSPS) is 21.1. The molecule has 25 heavy (non-hydrogen) atoms. The van der Waals surface area contributed by atoms with E-state index in [9.17, 15) is 4.79 Å². The third-order valence-corrected chi connectivity index (χ3v) is 6.30. The molecule has 1 saturated carbocycles. The van der Waals surface area contributed by atoms with Gasteiger partial charge in [-0.3, -0.25) is 9.36 Å². The highest BCUT2D eigenvalue weighted by atomic mass is 32.2. The molecule has 0 amide bonds. The van der Waals surface area contributed by atoms with Crippen molar-refractivity contribution in [1.82, 2.24) is 14.8 Å². The van der Waals surface area contributed by atoms with Crippen LogP contribution in [0.25, 0.3) is 5.69 Å². The molecule has 0 spiro atoms. The van der Waals surface area contributed by atoms with E-state index in [0.29, 0.717) is 12.2 Å². The van der Waals surface area contributed by atoms with Crippen molar-refractivity contribution in [3.63, 3.8) is 0 Å². The van der Waals surface area contributed by atoms with Gasteiger partial charge >= 0.3 is 0 Å². The fourth-order valence-electron chi connectivity index (χ4n) is 3.58. The molecule has 1 atom stereocenters. The van der Waals surface area contributed by atoms with Crippen LogP contribution in [0.2, 0.25) is 0 Å². The van der Waals surface area contributed by atoms with E-state index in [1.165, 1.54) is 18.4 Å². The van der Waals surface area contributed by atoms with Crippen molar-refractivity contribution >= 4 is 23.5 Å². The molecule has 1 aromatic carbocycles. The summed E-state index contributed by atoms with van der Waals surface area (Å²) in [6, 6.07) is 8.46. The van der Waals surface area contributed by atoms with E-state index >= 15 is 0 Å². The van der Waals surface area contributed by atoms with Crippen molar-refractivity contribution in [3.8, 4) is 5.69 Å². The summed E-state index contributed by atoms with van der Waals surface area (Å²) in [5.74, 6) is 1.27. The first-order chi connectivity index (χ1) is 12.2. The van der Waals surface area contributed by atoms with Crippen molar-refractivity contribution in [2.75, 3.05) is 18.0 Å². The van der Waals surface area contributed by atoms with Crippen molar-refractivity contribution in [2.45, 2.75) is 55.9 Å². The minimum absolute atomic E-state index is 0.0218. The zero-order valence-corrected chi connectivity index (χ0v) is 15.5. The number of thioether (sulfide) groups is 1. The molecule has 1 saturated heterocycles. The summed E-state index contributed by atoms with van der Waals surface area (Å²) >= 11 is 1.59. The third-order valence-electron chi connectivity index (χ3n) is 5.04. The number of rotatable bonds is 4. The van der Waals surface area contributed by atoms with Gasteiger partial charge in [-0.25, -0.2) is 0 Å². The molecule has 0 bridgehead atoms. The van der Waals surface area contributed by atoms with Gasteiger partial charge in [0.25, 0.3) is 0 Å². The van der Waals surface area contributed by atoms with Gasteiger partial charge in [-0.2, -0.15) is 0 Å². The van der Waals surface area contributed by atoms with E-state index in [-0.39, 0.29) is 5.25 Å². The second-order valence-electron chi connectivity index (χ2n) is 6.97. The average molecular weight is 356 g/mol. The number of aryl methyl sites for hydroxylation is 1. The molecular weight excluding hydrogens is 332 g/mol. The SMILES string of the molecule is Cc1ccc(-n2c(S[C@@H]3CCCCC3=O)nnc2N2CCCC2)cc1. The molecule has 1 aliphatic heterocycles. The summed E-state index contributed by atoms with van der Waals surface area (Å²) in [4.78, 5) is 14.6. The molecule has 2 heterocycles. The highest BCUT2D eigenvalue weighted by Crippen LogP contribution is 2.34. The van der Waals surface area contributed by atoms with E-state index in [2.05, 4.69) is 50.9 Å². The number of hydrogen-bond acceptors (Lipinski definition) is 5. The standard InChI is InChI=1S/C19H24N4OS/c1-14-8-10-15(11-9-14)23-18(22-12-4-5-13-22)20-21-19(23)25-17-7-3-2-6-16(17)24/h8-11,17H,2-7,12-13H2,1H3/t17-/m1/s1. The van der Waals surface area contributed by atoms with Gasteiger partial charge in [0.2, 0.25) is 5.95 Å². The smallest absolute Gasteiger partial charge is 0.232 e. The maximum absolute atomic E-state index is 12.3. The predicted molar refractivity (Wildman–Crippen MR) is 101 cm³/mol. The molecule has 2 aliphatic rings. The Hall–Kier alpha value is -1.82. The van der Waals surface area contributed by atoms with Crippen LogP contribution in [0.15, 0.2) is 29.4 Å². The summed E-state index contributed by atoms with van der Waals surface area (Å²) in [5.41, 5.74) is 2.31. The molecule has 5 nitrogen and oxygen atoms in total. The minimum atomic E-state index is 0.0218. The first-order valence-electron chi connectivity index (χ1n) is 9.19. The second kappa shape index (κ2) is 7.20. The van der Waals surface area contributed by atoms with Crippen LogP contribution in [0.4, 0.5) is 5.95 Å². The van der Waals surface area contributed by atoms with Crippen molar-refractivity contribution in [2.24, 2.45) is 0 Å². The lowest BCUT2D eigenvalue weighted by Crippen LogP contribution is -2.23. The zero-order valence-electron chi connectivity index (χ0n) is 14.6. The van der Waals surface area contributed by atoms with E-state index in [0.717, 1.165) is 49.1 Å². The number of hydrogen-bond donors (Lipinski definition) is 0. The predicted octanol–water partition coefficient (Wildman–Crippen LogP) is 3.78. The summed E-state index contributed by atoms with van der Waals surface area (Å²) in [7, 11) is 0. The van der Waals surface area contributed by atoms with Crippen LogP contribution in [0.3, 0.4) is 0 Å². The van der Waals surface area contributed by atoms with Crippen LogP contribution >= 0.6 is 11.8 Å². The number of benzene rings is 1. The molecule has 1 aromatic heterocycles. The monoisotopic (exact) mass is 356 g/mol. The van der Waals surface area contributed by atoms with Gasteiger partial charge in [-0.15, -0.1) is 10.2 Å². The van der Waals surface area contributed by atoms with Gasteiger partial charge in [0.15, 0.2) is 5.16 Å². The summed E-state index contributed by atoms with van der Waals surface area (Å²) in [5, 5.41) is 9.83. The Morgan fingerprint density at radius 3 is 2.52 bits per heavy atom. The van der Waals surface area contributed by atoms with Crippen molar-refractivity contribution < 1.29 is 4.79 Å². The van der Waals surface area contributed by atoms with Crippen LogP contribution in [-0.4, -0.2) is 38.9 Å². The van der Waals surface area contributed by atoms with E-state index < -0.39 is 0 Å². The number of anilines is 1. The fraction of sp³-hybridized carbons (Fsp3) is 0.526. The lowest BCUT2D eigenvalue weighted by atomic mass is 9.99. The molecular formula is C19H24N4OS. The maximum atomic E-state index is 12.3. The van der Waals surface area contributed by atoms with Crippen molar-refractivity contribution in [1.29, 1.82) is 0 Å². The topological polar surface area (TPSA) is 51.0 Å². The molecule has 4 rings (SSSR count). The summed E-state index contributed by atoms with van der Waals surface area (Å²) in [6.45, 7) is 4.14. The lowest BCUT2D eigenvalue weighted by molar-refractivity contribution is -0.119. The van der Waals surface area contributed by atoms with E-state index in [4.69, 9.17) is 0 Å². The number of Topliss-reactive ketones (excluding diaryl/α,β-unsaturated/α-hetero) is 1. The Labute approximate surface area is 152 Å². The van der Waals surface area contributed by atoms with Crippen LogP contribution in [-0.2, 0) is 4.79 Å². The second-order valence-corrected chi connectivity index (χ2v) is 8.14. The van der Waals surface area contributed by atoms with Crippen molar-refractivity contribution in [3.05, 3.63) is 29.8 Å². The highest BCUT2D eigenvalue weighted by Gasteiger charge is 2.28. The molecule has 2 aromatic rings. The first kappa shape index (κ1) is 16.6. The number of aromatic nitrogens is 3. The molecule has 2 fully saturated rings. The van der Waals surface area contributed by atoms with Gasteiger partial charge < -0.3 is 4.90 Å². The van der Waals surface area contributed by atoms with Gasteiger partial charge in [0.1, 0.15) is 5.78 Å². The van der Waals surface area contributed by atoms with Gasteiger partial charge in [-0.1, -0.05) is 35.9 Å². The van der Waals surface area contributed by atoms with Gasteiger partial charge in [0, 0.05) is 19.5 Å². The average Bonchev–Trinajstić information content (AvgIpc) is 3.27. The molecule has 6 heteroatoms. The van der Waals surface area contributed by atoms with Crippen LogP contribution in [0, 0.1) is 6.92 Å². The molecule has 0 radical (unpaired) electrons. The lowest BCUT2D eigenvalue weighted by Gasteiger charge is -2.21. The quantitative estimate of drug-likeness (QED) is 0.834. The molecule has 0 unspecified atom stereocenters. The fourth-order valence-corrected chi connectivity index (χ4v) is 4.75. The van der Waals surface area contributed by atoms with Crippen LogP contribution in [0.5, 0.6) is 0 Å². The zero-order chi connectivity index (χ0) is 17.2. The number of carbonyl (C=O) groups is 1. The van der Waals surface area contributed by atoms with Crippen LogP contribution in [0.1, 0.15) is 44.1 Å². The molecule has 132 valence electrons. The Bertz CT molecular complexity index is 749. The minimum Gasteiger partial charge on any atom is -0.341 e. The van der Waals surface area contributed by atoms with Gasteiger partial charge in [0.05, 0.1) is 10.9 Å². The number of nitrogens with zero attached hydrogens (tertiary/aromatic N) is 4. The number of carbonyl (C=O) groups excluding carboxylic acids is 1. The molecule has 0 N–H and O–H groups in total. The van der Waals surface area contributed by atoms with E-state index in [1.54, 1.807) is 11.8 Å². The summed E-state index contributed by atoms with van der Waals surface area (Å²) < 4.78 is 2.14. The third kappa shape index (κ3) is 3.45. The Morgan fingerprint density at radius 1 is 1.04 bits per heavy atom. The Kier molecular flexibility index (Phi) is 4.79. The Morgan fingerprint density at radius 2 is 1.80 bits per heavy atom. The van der Waals surface area contributed by atoms with Crippen LogP contribution < -0.4 is 4.90 Å². The van der Waals surface area contributed by atoms with Gasteiger partial charge in [-0.05, 0) is 44.7 Å². The first-order valence-corrected chi connectivity index (χ1v) is 10.1. The van der Waals surface area contributed by atoms with E-state index in [1.807, 2.05) is 0 Å². The summed E-state index contributed by atoms with van der Waals surface area (Å²) in [6.07, 6.45) is 6.20. The largest absolute Gasteiger partial charge is 0.341 e.